The summed E-state index contributed by atoms with van der Waals surface area (Å²) in [6.07, 6.45) is 2.09. The number of rotatable bonds is 3. The summed E-state index contributed by atoms with van der Waals surface area (Å²) in [6.45, 7) is 17.1. The van der Waals surface area contributed by atoms with E-state index in [0.717, 1.165) is 26.1 Å². The fraction of sp³-hybridized carbons (Fsp3) is 1.00. The molecular weight excluding hydrogens is 264 g/mol. The van der Waals surface area contributed by atoms with Crippen LogP contribution in [0.4, 0.5) is 0 Å². The van der Waals surface area contributed by atoms with Crippen LogP contribution >= 0.6 is 0 Å². The Labute approximate surface area is 131 Å². The Morgan fingerprint density at radius 1 is 0.905 bits per heavy atom. The van der Waals surface area contributed by atoms with Gasteiger partial charge in [0.2, 0.25) is 0 Å². The van der Waals surface area contributed by atoms with Crippen molar-refractivity contribution in [1.29, 1.82) is 0 Å². The molecule has 2 rings (SSSR count). The largest absolute Gasteiger partial charge is 0.389 e. The van der Waals surface area contributed by atoms with Crippen LogP contribution in [0.25, 0.3) is 0 Å². The third-order valence-corrected chi connectivity index (χ3v) is 4.90. The molecule has 21 heavy (non-hydrogen) atoms. The van der Waals surface area contributed by atoms with Gasteiger partial charge in [-0.15, -0.1) is 0 Å². The average molecular weight is 300 g/mol. The first-order valence-corrected chi connectivity index (χ1v) is 8.34. The second kappa shape index (κ2) is 7.40. The van der Waals surface area contributed by atoms with E-state index in [1.165, 1.54) is 13.0 Å². The number of likely N-dealkylation sites (tertiary alicyclic amines) is 2. The lowest BCUT2D eigenvalue weighted by Gasteiger charge is -2.25. The van der Waals surface area contributed by atoms with E-state index < -0.39 is 5.60 Å². The molecule has 2 fully saturated rings. The molecule has 0 spiro atoms. The maximum Gasteiger partial charge on any atom is 0.0789 e. The Morgan fingerprint density at radius 2 is 1.38 bits per heavy atom. The predicted octanol–water partition coefficient (Wildman–Crippen LogP) is 2.36. The Morgan fingerprint density at radius 3 is 1.62 bits per heavy atom. The zero-order valence-electron chi connectivity index (χ0n) is 15.1. The number of nitrogens with zero attached hydrogens (tertiary/aromatic N) is 2. The lowest BCUT2D eigenvalue weighted by molar-refractivity contribution is 0.0124. The molecule has 0 aromatic rings. The summed E-state index contributed by atoms with van der Waals surface area (Å²) in [5, 5.41) is 9.57. The van der Waals surface area contributed by atoms with Crippen LogP contribution in [0, 0.1) is 0 Å². The summed E-state index contributed by atoms with van der Waals surface area (Å²) in [6, 6.07) is 1.24. The maximum atomic E-state index is 9.57. The zero-order chi connectivity index (χ0) is 16.3. The Bertz CT molecular complexity index is 318. The molecule has 0 aromatic carbocycles. The van der Waals surface area contributed by atoms with Crippen LogP contribution in [0.3, 0.4) is 0 Å². The van der Waals surface area contributed by atoms with Gasteiger partial charge >= 0.3 is 0 Å². The summed E-state index contributed by atoms with van der Waals surface area (Å²) < 4.78 is 5.44. The van der Waals surface area contributed by atoms with E-state index in [0.29, 0.717) is 12.1 Å². The molecule has 2 saturated heterocycles. The summed E-state index contributed by atoms with van der Waals surface area (Å²) >= 11 is 0. The first-order valence-electron chi connectivity index (χ1n) is 8.34. The Kier molecular flexibility index (Phi) is 6.66. The zero-order valence-corrected chi connectivity index (χ0v) is 15.1. The highest BCUT2D eigenvalue weighted by Gasteiger charge is 2.34. The van der Waals surface area contributed by atoms with E-state index in [1.807, 2.05) is 14.0 Å². The molecule has 0 unspecified atom stereocenters. The van der Waals surface area contributed by atoms with Crippen molar-refractivity contribution >= 4 is 0 Å². The number of ether oxygens (including phenoxy) is 1. The van der Waals surface area contributed by atoms with Crippen molar-refractivity contribution in [2.45, 2.75) is 77.7 Å². The molecule has 0 radical (unpaired) electrons. The topological polar surface area (TPSA) is 35.9 Å². The predicted molar refractivity (Wildman–Crippen MR) is 88.7 cm³/mol. The normalized spacial score (nSPS) is 34.6. The van der Waals surface area contributed by atoms with Gasteiger partial charge in [-0.3, -0.25) is 9.80 Å². The van der Waals surface area contributed by atoms with Crippen molar-refractivity contribution in [2.75, 3.05) is 33.3 Å². The van der Waals surface area contributed by atoms with E-state index in [-0.39, 0.29) is 5.60 Å². The molecule has 0 bridgehead atoms. The lowest BCUT2D eigenvalue weighted by Crippen LogP contribution is -2.35. The highest BCUT2D eigenvalue weighted by molar-refractivity contribution is 4.89. The molecular formula is C17H36N2O2. The van der Waals surface area contributed by atoms with Crippen LogP contribution in [-0.4, -0.2) is 71.5 Å². The minimum absolute atomic E-state index is 0.115. The third kappa shape index (κ3) is 5.85. The van der Waals surface area contributed by atoms with E-state index in [1.54, 1.807) is 0 Å². The van der Waals surface area contributed by atoms with E-state index >= 15 is 0 Å². The fourth-order valence-electron chi connectivity index (χ4n) is 3.00. The van der Waals surface area contributed by atoms with Crippen molar-refractivity contribution in [1.82, 2.24) is 9.80 Å². The number of hydrogen-bond donors (Lipinski definition) is 1. The van der Waals surface area contributed by atoms with Gasteiger partial charge in [0, 0.05) is 45.4 Å². The molecule has 0 saturated carbocycles. The van der Waals surface area contributed by atoms with Crippen LogP contribution in [0.5, 0.6) is 0 Å². The summed E-state index contributed by atoms with van der Waals surface area (Å²) in [4.78, 5) is 4.77. The van der Waals surface area contributed by atoms with Crippen molar-refractivity contribution < 1.29 is 9.84 Å². The SMILES string of the molecule is CC(C)N1CC[C@@](C)(O)C1.CO[C@]1(C)CCN(C(C)C)C1. The van der Waals surface area contributed by atoms with E-state index in [9.17, 15) is 5.11 Å². The molecule has 2 heterocycles. The molecule has 1 N–H and O–H groups in total. The monoisotopic (exact) mass is 300 g/mol. The number of aliphatic hydroxyl groups is 1. The van der Waals surface area contributed by atoms with Gasteiger partial charge in [0.05, 0.1) is 11.2 Å². The molecule has 4 nitrogen and oxygen atoms in total. The Hall–Kier alpha value is -0.160. The van der Waals surface area contributed by atoms with Crippen LogP contribution in [0.15, 0.2) is 0 Å². The first-order chi connectivity index (χ1) is 9.58. The average Bonchev–Trinajstić information content (AvgIpc) is 2.94. The molecule has 4 heteroatoms. The van der Waals surface area contributed by atoms with Crippen LogP contribution in [-0.2, 0) is 4.74 Å². The summed E-state index contributed by atoms with van der Waals surface area (Å²) in [7, 11) is 1.81. The smallest absolute Gasteiger partial charge is 0.0789 e. The second-order valence-corrected chi connectivity index (χ2v) is 7.78. The first kappa shape index (κ1) is 18.9. The lowest BCUT2D eigenvalue weighted by atomic mass is 10.1. The molecule has 0 aromatic heterocycles. The van der Waals surface area contributed by atoms with Crippen molar-refractivity contribution in [3.63, 3.8) is 0 Å². The summed E-state index contributed by atoms with van der Waals surface area (Å²) in [5.74, 6) is 0. The fourth-order valence-corrected chi connectivity index (χ4v) is 3.00. The molecule has 0 aliphatic carbocycles. The van der Waals surface area contributed by atoms with E-state index in [2.05, 4.69) is 44.4 Å². The third-order valence-electron chi connectivity index (χ3n) is 4.90. The van der Waals surface area contributed by atoms with Gasteiger partial charge in [-0.2, -0.15) is 0 Å². The maximum absolute atomic E-state index is 9.57. The minimum Gasteiger partial charge on any atom is -0.389 e. The van der Waals surface area contributed by atoms with Gasteiger partial charge in [-0.05, 0) is 54.4 Å². The van der Waals surface area contributed by atoms with Crippen LogP contribution in [0.2, 0.25) is 0 Å². The standard InChI is InChI=1S/C9H19NO.C8H17NO/c1-8(2)10-6-5-9(3,7-10)11-4;1-7(2)9-5-4-8(3,10)6-9/h8H,5-7H2,1-4H3;7,10H,4-6H2,1-3H3/t9-;8-/m11/s1. The van der Waals surface area contributed by atoms with Gasteiger partial charge in [-0.25, -0.2) is 0 Å². The summed E-state index contributed by atoms with van der Waals surface area (Å²) in [5.41, 5.74) is -0.311. The molecule has 0 amide bonds. The Balaban J connectivity index is 0.000000211. The number of β-amino-alcohol motifs (C(OH)–C–C–N with tert-alkyl or cyclic N) is 1. The van der Waals surface area contributed by atoms with Gasteiger partial charge in [0.15, 0.2) is 0 Å². The second-order valence-electron chi connectivity index (χ2n) is 7.78. The van der Waals surface area contributed by atoms with Crippen molar-refractivity contribution in [2.24, 2.45) is 0 Å². The van der Waals surface area contributed by atoms with Crippen LogP contribution < -0.4 is 0 Å². The van der Waals surface area contributed by atoms with Gasteiger partial charge < -0.3 is 9.84 Å². The molecule has 126 valence electrons. The number of methoxy groups -OCH3 is 1. The van der Waals surface area contributed by atoms with Gasteiger partial charge in [-0.1, -0.05) is 0 Å². The molecule has 2 aliphatic heterocycles. The van der Waals surface area contributed by atoms with Gasteiger partial charge in [0.25, 0.3) is 0 Å². The van der Waals surface area contributed by atoms with E-state index in [4.69, 9.17) is 4.74 Å². The van der Waals surface area contributed by atoms with Crippen LogP contribution in [0.1, 0.15) is 54.4 Å². The number of hydrogen-bond acceptors (Lipinski definition) is 4. The highest BCUT2D eigenvalue weighted by atomic mass is 16.5. The highest BCUT2D eigenvalue weighted by Crippen LogP contribution is 2.25. The quantitative estimate of drug-likeness (QED) is 0.868. The van der Waals surface area contributed by atoms with Crippen molar-refractivity contribution in [3.05, 3.63) is 0 Å². The van der Waals surface area contributed by atoms with Gasteiger partial charge in [0.1, 0.15) is 0 Å². The molecule has 2 atom stereocenters. The minimum atomic E-state index is -0.426. The molecule has 2 aliphatic rings. The van der Waals surface area contributed by atoms with Crippen molar-refractivity contribution in [3.8, 4) is 0 Å².